The average molecular weight is 170 g/mol. The first-order chi connectivity index (χ1) is 4.88. The topological polar surface area (TPSA) is 58.2 Å². The second kappa shape index (κ2) is 3.22. The van der Waals surface area contributed by atoms with Crippen LogP contribution in [0.2, 0.25) is 0 Å². The van der Waals surface area contributed by atoms with Gasteiger partial charge >= 0.3 is 18.1 Å². The van der Waals surface area contributed by atoms with Crippen LogP contribution in [0.15, 0.2) is 0 Å². The van der Waals surface area contributed by atoms with E-state index >= 15 is 0 Å². The first kappa shape index (κ1) is 9.73. The van der Waals surface area contributed by atoms with Gasteiger partial charge in [-0.3, -0.25) is 10.1 Å². The van der Waals surface area contributed by atoms with Crippen molar-refractivity contribution in [2.45, 2.75) is 6.18 Å². The van der Waals surface area contributed by atoms with E-state index in [9.17, 15) is 22.8 Å². The average Bonchev–Trinajstić information content (AvgIpc) is 1.85. The Labute approximate surface area is 59.8 Å². The van der Waals surface area contributed by atoms with E-state index in [0.29, 0.717) is 0 Å². The molecule has 64 valence electrons. The number of alkyl halides is 3. The molecule has 7 heteroatoms. The molecule has 0 aliphatic heterocycles. The Bertz CT molecular complexity index is 177. The molecule has 0 heterocycles. The van der Waals surface area contributed by atoms with Gasteiger partial charge in [0.05, 0.1) is 0 Å². The van der Waals surface area contributed by atoms with Crippen molar-refractivity contribution in [1.82, 2.24) is 10.6 Å². The Hall–Kier alpha value is -1.27. The number of carbonyl (C=O) groups is 2. The summed E-state index contributed by atoms with van der Waals surface area (Å²) in [6.07, 6.45) is -5.02. The third-order valence-electron chi connectivity index (χ3n) is 0.712. The minimum absolute atomic E-state index is 1.06. The van der Waals surface area contributed by atoms with E-state index in [-0.39, 0.29) is 0 Å². The molecular formula is C4H5F3N2O2. The van der Waals surface area contributed by atoms with Crippen LogP contribution in [0, 0.1) is 0 Å². The standard InChI is InChI=1S/C4H5F3N2O2/c1-8-3(11)9-2(10)4(5,6)7/h1H3,(H2,8,9,10,11). The van der Waals surface area contributed by atoms with Gasteiger partial charge in [0, 0.05) is 7.05 Å². The van der Waals surface area contributed by atoms with Gasteiger partial charge in [-0.15, -0.1) is 0 Å². The summed E-state index contributed by atoms with van der Waals surface area (Å²) in [4.78, 5) is 20.1. The fourth-order valence-electron chi connectivity index (χ4n) is 0.236. The molecule has 0 saturated carbocycles. The van der Waals surface area contributed by atoms with Crippen molar-refractivity contribution in [3.63, 3.8) is 0 Å². The molecular weight excluding hydrogens is 165 g/mol. The molecule has 0 spiro atoms. The van der Waals surface area contributed by atoms with Gasteiger partial charge in [-0.1, -0.05) is 0 Å². The van der Waals surface area contributed by atoms with Crippen molar-refractivity contribution in [1.29, 1.82) is 0 Å². The normalized spacial score (nSPS) is 10.5. The molecule has 0 bridgehead atoms. The maximum Gasteiger partial charge on any atom is 0.471 e. The highest BCUT2D eigenvalue weighted by molar-refractivity contribution is 5.96. The summed E-state index contributed by atoms with van der Waals surface area (Å²) in [5.74, 6) is -2.28. The lowest BCUT2D eigenvalue weighted by Gasteiger charge is -2.04. The van der Waals surface area contributed by atoms with Gasteiger partial charge in [0.25, 0.3) is 0 Å². The molecule has 0 fully saturated rings. The van der Waals surface area contributed by atoms with Crippen LogP contribution in [-0.4, -0.2) is 25.2 Å². The number of rotatable bonds is 0. The van der Waals surface area contributed by atoms with Crippen LogP contribution in [0.4, 0.5) is 18.0 Å². The monoisotopic (exact) mass is 170 g/mol. The van der Waals surface area contributed by atoms with E-state index in [2.05, 4.69) is 0 Å². The number of urea groups is 1. The number of nitrogens with one attached hydrogen (secondary N) is 2. The van der Waals surface area contributed by atoms with Crippen molar-refractivity contribution in [2.75, 3.05) is 7.05 Å². The van der Waals surface area contributed by atoms with Crippen molar-refractivity contribution in [2.24, 2.45) is 0 Å². The summed E-state index contributed by atoms with van der Waals surface area (Å²) in [5, 5.41) is 2.85. The number of hydrogen-bond donors (Lipinski definition) is 2. The van der Waals surface area contributed by atoms with E-state index in [1.54, 1.807) is 5.32 Å². The third-order valence-corrected chi connectivity index (χ3v) is 0.712. The van der Waals surface area contributed by atoms with Gasteiger partial charge < -0.3 is 5.32 Å². The van der Waals surface area contributed by atoms with Crippen LogP contribution in [0.5, 0.6) is 0 Å². The zero-order chi connectivity index (χ0) is 9.07. The number of imide groups is 1. The zero-order valence-corrected chi connectivity index (χ0v) is 5.45. The molecule has 0 aromatic rings. The predicted octanol–water partition coefficient (Wildman–Crippen LogP) is 0.00430. The SMILES string of the molecule is CNC(=O)NC(=O)C(F)(F)F. The van der Waals surface area contributed by atoms with Crippen molar-refractivity contribution >= 4 is 11.9 Å². The molecule has 0 aliphatic carbocycles. The molecule has 0 aromatic heterocycles. The maximum atomic E-state index is 11.4. The summed E-state index contributed by atoms with van der Waals surface area (Å²) in [7, 11) is 1.10. The number of halogens is 3. The Morgan fingerprint density at radius 2 is 1.73 bits per heavy atom. The predicted molar refractivity (Wildman–Crippen MR) is 28.7 cm³/mol. The molecule has 0 aliphatic rings. The lowest BCUT2D eigenvalue weighted by molar-refractivity contribution is -0.172. The van der Waals surface area contributed by atoms with Crippen LogP contribution in [0.3, 0.4) is 0 Å². The molecule has 0 saturated heterocycles. The van der Waals surface area contributed by atoms with Crippen LogP contribution < -0.4 is 10.6 Å². The van der Waals surface area contributed by atoms with Gasteiger partial charge in [-0.05, 0) is 0 Å². The highest BCUT2D eigenvalue weighted by Crippen LogP contribution is 2.13. The van der Waals surface area contributed by atoms with Crippen LogP contribution in [-0.2, 0) is 4.79 Å². The van der Waals surface area contributed by atoms with Gasteiger partial charge in [-0.2, -0.15) is 13.2 Å². The molecule has 4 nitrogen and oxygen atoms in total. The molecule has 0 aromatic carbocycles. The van der Waals surface area contributed by atoms with E-state index in [0.717, 1.165) is 12.4 Å². The minimum atomic E-state index is -5.02. The lowest BCUT2D eigenvalue weighted by atomic mass is 10.6. The van der Waals surface area contributed by atoms with Gasteiger partial charge in [0.2, 0.25) is 0 Å². The summed E-state index contributed by atoms with van der Waals surface area (Å²) < 4.78 is 34.1. The molecule has 3 amide bonds. The third kappa shape index (κ3) is 3.43. The van der Waals surface area contributed by atoms with Crippen molar-refractivity contribution < 1.29 is 22.8 Å². The minimum Gasteiger partial charge on any atom is -0.341 e. The van der Waals surface area contributed by atoms with E-state index in [4.69, 9.17) is 0 Å². The quantitative estimate of drug-likeness (QED) is 0.537. The molecule has 0 unspecified atom stereocenters. The second-order valence-corrected chi connectivity index (χ2v) is 1.53. The molecule has 0 radical (unpaired) electrons. The summed E-state index contributed by atoms with van der Waals surface area (Å²) in [6, 6.07) is -1.19. The fourth-order valence-corrected chi connectivity index (χ4v) is 0.236. The smallest absolute Gasteiger partial charge is 0.341 e. The van der Waals surface area contributed by atoms with Crippen LogP contribution in [0.25, 0.3) is 0 Å². The number of carbonyl (C=O) groups excluding carboxylic acids is 2. The van der Waals surface area contributed by atoms with Crippen molar-refractivity contribution in [3.8, 4) is 0 Å². The van der Waals surface area contributed by atoms with E-state index < -0.39 is 18.1 Å². The highest BCUT2D eigenvalue weighted by atomic mass is 19.4. The summed E-state index contributed by atoms with van der Waals surface area (Å²) in [5.41, 5.74) is 0. The largest absolute Gasteiger partial charge is 0.471 e. The fraction of sp³-hybridized carbons (Fsp3) is 0.500. The van der Waals surface area contributed by atoms with Crippen LogP contribution >= 0.6 is 0 Å². The van der Waals surface area contributed by atoms with E-state index in [1.165, 1.54) is 0 Å². The number of amides is 3. The van der Waals surface area contributed by atoms with Crippen LogP contribution in [0.1, 0.15) is 0 Å². The Kier molecular flexibility index (Phi) is 2.85. The molecule has 2 N–H and O–H groups in total. The van der Waals surface area contributed by atoms with Gasteiger partial charge in [0.15, 0.2) is 0 Å². The maximum absolute atomic E-state index is 11.4. The number of hydrogen-bond acceptors (Lipinski definition) is 2. The first-order valence-electron chi connectivity index (χ1n) is 2.48. The second-order valence-electron chi connectivity index (χ2n) is 1.53. The summed E-state index contributed by atoms with van der Waals surface area (Å²) >= 11 is 0. The van der Waals surface area contributed by atoms with E-state index in [1.807, 2.05) is 0 Å². The Morgan fingerprint density at radius 1 is 1.27 bits per heavy atom. The zero-order valence-electron chi connectivity index (χ0n) is 5.45. The summed E-state index contributed by atoms with van der Waals surface area (Å²) in [6.45, 7) is 0. The molecule has 11 heavy (non-hydrogen) atoms. The lowest BCUT2D eigenvalue weighted by Crippen LogP contribution is -2.44. The molecule has 0 rings (SSSR count). The highest BCUT2D eigenvalue weighted by Gasteiger charge is 2.39. The first-order valence-corrected chi connectivity index (χ1v) is 2.48. The van der Waals surface area contributed by atoms with Crippen molar-refractivity contribution in [3.05, 3.63) is 0 Å². The van der Waals surface area contributed by atoms with Gasteiger partial charge in [0.1, 0.15) is 0 Å². The van der Waals surface area contributed by atoms with Gasteiger partial charge in [-0.25, -0.2) is 4.79 Å². The Balaban J connectivity index is 3.99. The Morgan fingerprint density at radius 3 is 2.00 bits per heavy atom. The molecule has 0 atom stereocenters.